The van der Waals surface area contributed by atoms with Crippen LogP contribution in [-0.2, 0) is 4.79 Å². The van der Waals surface area contributed by atoms with Crippen molar-refractivity contribution in [2.24, 2.45) is 11.7 Å². The van der Waals surface area contributed by atoms with Crippen LogP contribution in [0.15, 0.2) is 24.3 Å². The Bertz CT molecular complexity index is 782. The third-order valence-corrected chi connectivity index (χ3v) is 4.46. The van der Waals surface area contributed by atoms with Crippen LogP contribution in [-0.4, -0.2) is 30.6 Å². The number of nitrogens with zero attached hydrogens (tertiary/aromatic N) is 2. The molecule has 1 aromatic heterocycles. The molecule has 5 nitrogen and oxygen atoms in total. The Morgan fingerprint density at radius 2 is 2.24 bits per heavy atom. The standard InChI is InChI=1S/C18H21F2N3O2/c1-11-7-16(23-6-2-3-12(10-23)8-17(21)24)14-9-13(25-18(19)20)4-5-15(14)22-11/h4-5,7,9,12,18H,2-3,6,8,10H2,1H3,(H2,21,24). The van der Waals surface area contributed by atoms with E-state index in [1.807, 2.05) is 13.0 Å². The van der Waals surface area contributed by atoms with E-state index in [0.717, 1.165) is 41.7 Å². The molecule has 0 aliphatic carbocycles. The number of hydrogen-bond donors (Lipinski definition) is 1. The maximum absolute atomic E-state index is 12.5. The number of benzene rings is 1. The number of alkyl halides is 2. The third kappa shape index (κ3) is 4.15. The molecule has 3 rings (SSSR count). The monoisotopic (exact) mass is 349 g/mol. The van der Waals surface area contributed by atoms with E-state index < -0.39 is 6.61 Å². The highest BCUT2D eigenvalue weighted by atomic mass is 19.3. The fourth-order valence-corrected chi connectivity index (χ4v) is 3.49. The number of fused-ring (bicyclic) bond motifs is 1. The summed E-state index contributed by atoms with van der Waals surface area (Å²) in [6.45, 7) is 0.584. The zero-order valence-electron chi connectivity index (χ0n) is 14.0. The molecule has 2 N–H and O–H groups in total. The number of carbonyl (C=O) groups excluding carboxylic acids is 1. The highest BCUT2D eigenvalue weighted by molar-refractivity contribution is 5.93. The molecule has 2 aromatic rings. The fraction of sp³-hybridized carbons (Fsp3) is 0.444. The van der Waals surface area contributed by atoms with Crippen molar-refractivity contribution in [3.05, 3.63) is 30.0 Å². The van der Waals surface area contributed by atoms with Crippen LogP contribution in [0.2, 0.25) is 0 Å². The molecule has 1 unspecified atom stereocenters. The number of piperidine rings is 1. The van der Waals surface area contributed by atoms with E-state index in [1.165, 1.54) is 6.07 Å². The van der Waals surface area contributed by atoms with Crippen molar-refractivity contribution in [2.45, 2.75) is 32.8 Å². The number of amides is 1. The van der Waals surface area contributed by atoms with E-state index in [-0.39, 0.29) is 17.6 Å². The lowest BCUT2D eigenvalue weighted by Crippen LogP contribution is -2.37. The number of aryl methyl sites for hydroxylation is 1. The predicted molar refractivity (Wildman–Crippen MR) is 91.9 cm³/mol. The van der Waals surface area contributed by atoms with E-state index in [9.17, 15) is 13.6 Å². The summed E-state index contributed by atoms with van der Waals surface area (Å²) >= 11 is 0. The molecule has 1 saturated heterocycles. The summed E-state index contributed by atoms with van der Waals surface area (Å²) in [5.74, 6) is 0.0191. The molecule has 25 heavy (non-hydrogen) atoms. The summed E-state index contributed by atoms with van der Waals surface area (Å²) in [5, 5.41) is 0.767. The summed E-state index contributed by atoms with van der Waals surface area (Å²) < 4.78 is 29.6. The predicted octanol–water partition coefficient (Wildman–Crippen LogP) is 3.24. The first-order valence-electron chi connectivity index (χ1n) is 8.32. The Morgan fingerprint density at radius 1 is 1.44 bits per heavy atom. The van der Waals surface area contributed by atoms with E-state index in [4.69, 9.17) is 5.73 Å². The molecule has 1 aromatic carbocycles. The number of rotatable bonds is 5. The van der Waals surface area contributed by atoms with Crippen LogP contribution in [0.5, 0.6) is 5.75 Å². The lowest BCUT2D eigenvalue weighted by atomic mass is 9.93. The van der Waals surface area contributed by atoms with Gasteiger partial charge < -0.3 is 15.4 Å². The van der Waals surface area contributed by atoms with Crippen LogP contribution in [0.3, 0.4) is 0 Å². The van der Waals surface area contributed by atoms with Crippen molar-refractivity contribution in [2.75, 3.05) is 18.0 Å². The van der Waals surface area contributed by atoms with Gasteiger partial charge in [0.1, 0.15) is 5.75 Å². The average molecular weight is 349 g/mol. The molecule has 0 bridgehead atoms. The van der Waals surface area contributed by atoms with Crippen molar-refractivity contribution in [1.82, 2.24) is 4.98 Å². The molecule has 0 radical (unpaired) electrons. The van der Waals surface area contributed by atoms with Crippen molar-refractivity contribution in [3.8, 4) is 5.75 Å². The van der Waals surface area contributed by atoms with Crippen LogP contribution in [0.25, 0.3) is 10.9 Å². The Balaban J connectivity index is 1.97. The molecule has 1 aliphatic heterocycles. The van der Waals surface area contributed by atoms with Gasteiger partial charge in [-0.3, -0.25) is 9.78 Å². The molecular formula is C18H21F2N3O2. The Kier molecular flexibility index (Phi) is 5.01. The maximum atomic E-state index is 12.5. The SMILES string of the molecule is Cc1cc(N2CCCC(CC(N)=O)C2)c2cc(OC(F)F)ccc2n1. The van der Waals surface area contributed by atoms with E-state index >= 15 is 0 Å². The van der Waals surface area contributed by atoms with E-state index in [2.05, 4.69) is 14.6 Å². The molecule has 1 amide bonds. The van der Waals surface area contributed by atoms with Crippen LogP contribution in [0.4, 0.5) is 14.5 Å². The largest absolute Gasteiger partial charge is 0.435 e. The quantitative estimate of drug-likeness (QED) is 0.900. The number of primary amides is 1. The van der Waals surface area contributed by atoms with Gasteiger partial charge in [0.2, 0.25) is 5.91 Å². The lowest BCUT2D eigenvalue weighted by molar-refractivity contribution is -0.118. The van der Waals surface area contributed by atoms with Gasteiger partial charge in [0.05, 0.1) is 5.52 Å². The number of pyridine rings is 1. The summed E-state index contributed by atoms with van der Waals surface area (Å²) in [6.07, 6.45) is 2.27. The summed E-state index contributed by atoms with van der Waals surface area (Å²) in [6, 6.07) is 6.73. The summed E-state index contributed by atoms with van der Waals surface area (Å²) in [5.41, 5.74) is 7.84. The topological polar surface area (TPSA) is 68.5 Å². The van der Waals surface area contributed by atoms with Crippen molar-refractivity contribution < 1.29 is 18.3 Å². The van der Waals surface area contributed by atoms with Crippen LogP contribution in [0.1, 0.15) is 25.0 Å². The lowest BCUT2D eigenvalue weighted by Gasteiger charge is -2.34. The first-order valence-corrected chi connectivity index (χ1v) is 8.32. The minimum absolute atomic E-state index is 0.111. The molecule has 2 heterocycles. The van der Waals surface area contributed by atoms with Gasteiger partial charge in [0.15, 0.2) is 0 Å². The Morgan fingerprint density at radius 3 is 2.96 bits per heavy atom. The highest BCUT2D eigenvalue weighted by Crippen LogP contribution is 2.33. The number of aromatic nitrogens is 1. The molecule has 1 aliphatic rings. The zero-order chi connectivity index (χ0) is 18.0. The van der Waals surface area contributed by atoms with Gasteiger partial charge >= 0.3 is 6.61 Å². The number of halogens is 2. The van der Waals surface area contributed by atoms with Crippen LogP contribution < -0.4 is 15.4 Å². The maximum Gasteiger partial charge on any atom is 0.387 e. The van der Waals surface area contributed by atoms with Gasteiger partial charge in [0, 0.05) is 36.3 Å². The number of ether oxygens (including phenoxy) is 1. The number of anilines is 1. The zero-order valence-corrected chi connectivity index (χ0v) is 14.0. The second-order valence-electron chi connectivity index (χ2n) is 6.46. The van der Waals surface area contributed by atoms with Crippen molar-refractivity contribution in [1.29, 1.82) is 0 Å². The molecule has 1 fully saturated rings. The summed E-state index contributed by atoms with van der Waals surface area (Å²) in [7, 11) is 0. The molecule has 0 spiro atoms. The first-order chi connectivity index (χ1) is 11.9. The highest BCUT2D eigenvalue weighted by Gasteiger charge is 2.23. The van der Waals surface area contributed by atoms with Gasteiger partial charge in [-0.2, -0.15) is 8.78 Å². The van der Waals surface area contributed by atoms with E-state index in [0.29, 0.717) is 13.0 Å². The Hall–Kier alpha value is -2.44. The van der Waals surface area contributed by atoms with Gasteiger partial charge in [-0.25, -0.2) is 0 Å². The minimum Gasteiger partial charge on any atom is -0.435 e. The first kappa shape index (κ1) is 17.4. The number of hydrogen-bond acceptors (Lipinski definition) is 4. The van der Waals surface area contributed by atoms with E-state index in [1.54, 1.807) is 12.1 Å². The smallest absolute Gasteiger partial charge is 0.387 e. The second kappa shape index (κ2) is 7.21. The molecular weight excluding hydrogens is 328 g/mol. The Labute approximate surface area is 144 Å². The van der Waals surface area contributed by atoms with Crippen molar-refractivity contribution >= 4 is 22.5 Å². The van der Waals surface area contributed by atoms with Gasteiger partial charge in [-0.1, -0.05) is 0 Å². The number of nitrogens with two attached hydrogens (primary N) is 1. The molecule has 0 saturated carbocycles. The van der Waals surface area contributed by atoms with Crippen LogP contribution >= 0.6 is 0 Å². The molecule has 134 valence electrons. The second-order valence-corrected chi connectivity index (χ2v) is 6.46. The molecule has 7 heteroatoms. The minimum atomic E-state index is -2.87. The van der Waals surface area contributed by atoms with Crippen LogP contribution in [0, 0.1) is 12.8 Å². The summed E-state index contributed by atoms with van der Waals surface area (Å²) in [4.78, 5) is 17.9. The third-order valence-electron chi connectivity index (χ3n) is 4.46. The number of carbonyl (C=O) groups is 1. The average Bonchev–Trinajstić information content (AvgIpc) is 2.53. The van der Waals surface area contributed by atoms with Gasteiger partial charge in [-0.15, -0.1) is 0 Å². The molecule has 1 atom stereocenters. The van der Waals surface area contributed by atoms with Gasteiger partial charge in [-0.05, 0) is 49.9 Å². The van der Waals surface area contributed by atoms with Crippen molar-refractivity contribution in [3.63, 3.8) is 0 Å². The normalized spacial score (nSPS) is 17.9. The van der Waals surface area contributed by atoms with Gasteiger partial charge in [0.25, 0.3) is 0 Å². The fourth-order valence-electron chi connectivity index (χ4n) is 3.49.